The molecular formula is C9H9BF2O. The Balaban J connectivity index is 2.94. The maximum absolute atomic E-state index is 12.6. The highest BCUT2D eigenvalue weighted by atomic mass is 19.1. The van der Waals surface area contributed by atoms with Crippen LogP contribution in [0.2, 0.25) is 13.1 Å². The van der Waals surface area contributed by atoms with Gasteiger partial charge in [0, 0.05) is 11.6 Å². The lowest BCUT2D eigenvalue weighted by Gasteiger charge is -1.98. The molecule has 0 N–H and O–H groups in total. The summed E-state index contributed by atoms with van der Waals surface area (Å²) < 4.78 is 25.3. The predicted molar refractivity (Wildman–Crippen MR) is 48.5 cm³/mol. The highest BCUT2D eigenvalue weighted by Gasteiger charge is 2.07. The van der Waals surface area contributed by atoms with Crippen molar-refractivity contribution in [3.63, 3.8) is 0 Å². The summed E-state index contributed by atoms with van der Waals surface area (Å²) in [7, 11) is 0.678. The molecule has 0 amide bonds. The lowest BCUT2D eigenvalue weighted by atomic mass is 9.75. The maximum Gasteiger partial charge on any atom is 0.155 e. The second-order valence-corrected chi connectivity index (χ2v) is 2.83. The third-order valence-electron chi connectivity index (χ3n) is 1.66. The Morgan fingerprint density at radius 2 is 1.85 bits per heavy atom. The first-order chi connectivity index (χ1) is 6.13. The molecule has 0 atom stereocenters. The Kier molecular flexibility index (Phi) is 3.17. The van der Waals surface area contributed by atoms with E-state index >= 15 is 0 Å². The molecule has 0 aliphatic rings. The van der Waals surface area contributed by atoms with Crippen molar-refractivity contribution in [3.8, 4) is 0 Å². The third-order valence-corrected chi connectivity index (χ3v) is 1.66. The van der Waals surface area contributed by atoms with E-state index in [4.69, 9.17) is 0 Å². The number of hydrogen-bond donors (Lipinski definition) is 0. The predicted octanol–water partition coefficient (Wildman–Crippen LogP) is 2.05. The van der Waals surface area contributed by atoms with Crippen LogP contribution in [0.25, 0.3) is 0 Å². The summed E-state index contributed by atoms with van der Waals surface area (Å²) in [6, 6.07) is 2.87. The summed E-state index contributed by atoms with van der Waals surface area (Å²) in [6.45, 7) is 1.84. The van der Waals surface area contributed by atoms with E-state index in [-0.39, 0.29) is 11.3 Å². The summed E-state index contributed by atoms with van der Waals surface area (Å²) in [6.07, 6.45) is 0.322. The molecule has 0 spiro atoms. The van der Waals surface area contributed by atoms with Gasteiger partial charge in [0.25, 0.3) is 0 Å². The zero-order chi connectivity index (χ0) is 9.84. The molecule has 13 heavy (non-hydrogen) atoms. The second kappa shape index (κ2) is 4.17. The lowest BCUT2D eigenvalue weighted by molar-refractivity contribution is 0.101. The Bertz CT molecular complexity index is 305. The molecule has 0 aliphatic carbocycles. The Morgan fingerprint density at radius 1 is 1.31 bits per heavy atom. The molecule has 0 saturated heterocycles. The van der Waals surface area contributed by atoms with Crippen LogP contribution in [0.4, 0.5) is 8.78 Å². The van der Waals surface area contributed by atoms with Crippen molar-refractivity contribution in [3.05, 3.63) is 35.4 Å². The first-order valence-corrected chi connectivity index (χ1v) is 4.12. The Hall–Kier alpha value is -1.19. The fraction of sp³-hybridized carbons (Fsp3) is 0.222. The number of ketones is 1. The van der Waals surface area contributed by atoms with Crippen LogP contribution in [0.3, 0.4) is 0 Å². The molecule has 0 bridgehead atoms. The summed E-state index contributed by atoms with van der Waals surface area (Å²) in [5.74, 6) is -1.64. The first kappa shape index (κ1) is 9.90. The van der Waals surface area contributed by atoms with Crippen molar-refractivity contribution in [2.75, 3.05) is 0 Å². The molecule has 4 heteroatoms. The molecule has 0 heterocycles. The monoisotopic (exact) mass is 182 g/mol. The number of carbonyl (C=O) groups is 1. The highest BCUT2D eigenvalue weighted by Crippen LogP contribution is 2.09. The standard InChI is InChI=1S/C9H9BF2O/c1-10-5-9(13)6-2-7(11)4-8(12)3-6/h2-4,10H,5H2,1H3. The number of hydrogen-bond acceptors (Lipinski definition) is 1. The van der Waals surface area contributed by atoms with Crippen molar-refractivity contribution < 1.29 is 13.6 Å². The fourth-order valence-corrected chi connectivity index (χ4v) is 1.09. The molecule has 0 radical (unpaired) electrons. The van der Waals surface area contributed by atoms with Crippen LogP contribution in [0.1, 0.15) is 10.4 Å². The van der Waals surface area contributed by atoms with Gasteiger partial charge in [-0.25, -0.2) is 8.78 Å². The van der Waals surface area contributed by atoms with Crippen LogP contribution in [0.15, 0.2) is 18.2 Å². The topological polar surface area (TPSA) is 17.1 Å². The van der Waals surface area contributed by atoms with Gasteiger partial charge in [0.1, 0.15) is 18.9 Å². The summed E-state index contributed by atoms with van der Waals surface area (Å²) >= 11 is 0. The minimum atomic E-state index is -0.709. The van der Waals surface area contributed by atoms with Crippen LogP contribution in [-0.2, 0) is 0 Å². The minimum absolute atomic E-state index is 0.111. The van der Waals surface area contributed by atoms with E-state index < -0.39 is 11.6 Å². The van der Waals surface area contributed by atoms with Gasteiger partial charge in [-0.05, 0) is 18.5 Å². The Labute approximate surface area is 76.0 Å². The summed E-state index contributed by atoms with van der Waals surface area (Å²) in [5.41, 5.74) is 0.111. The van der Waals surface area contributed by atoms with E-state index in [1.807, 2.05) is 6.82 Å². The molecule has 1 aromatic carbocycles. The molecule has 68 valence electrons. The van der Waals surface area contributed by atoms with Crippen molar-refractivity contribution in [2.24, 2.45) is 0 Å². The fourth-order valence-electron chi connectivity index (χ4n) is 1.09. The molecule has 0 aliphatic heterocycles. The molecule has 1 nitrogen and oxygen atoms in total. The number of Topliss-reactive ketones (excluding diaryl/α,β-unsaturated/α-hetero) is 1. The van der Waals surface area contributed by atoms with Gasteiger partial charge in [0.05, 0.1) is 0 Å². The van der Waals surface area contributed by atoms with E-state index in [0.29, 0.717) is 13.6 Å². The SMILES string of the molecule is CBCC(=O)c1cc(F)cc(F)c1. The maximum atomic E-state index is 12.6. The van der Waals surface area contributed by atoms with E-state index in [0.717, 1.165) is 18.2 Å². The largest absolute Gasteiger partial charge is 0.295 e. The van der Waals surface area contributed by atoms with Gasteiger partial charge in [-0.1, -0.05) is 6.82 Å². The lowest BCUT2D eigenvalue weighted by Crippen LogP contribution is -2.02. The van der Waals surface area contributed by atoms with Gasteiger partial charge in [-0.2, -0.15) is 0 Å². The van der Waals surface area contributed by atoms with E-state index in [1.54, 1.807) is 0 Å². The van der Waals surface area contributed by atoms with Crippen molar-refractivity contribution in [2.45, 2.75) is 13.1 Å². The van der Waals surface area contributed by atoms with Gasteiger partial charge in [0.2, 0.25) is 0 Å². The normalized spacial score (nSPS) is 9.77. The number of carbonyl (C=O) groups excluding carboxylic acids is 1. The zero-order valence-corrected chi connectivity index (χ0v) is 7.31. The highest BCUT2D eigenvalue weighted by molar-refractivity contribution is 6.41. The van der Waals surface area contributed by atoms with Crippen LogP contribution in [-0.4, -0.2) is 13.1 Å². The summed E-state index contributed by atoms with van der Waals surface area (Å²) in [5, 5.41) is 0. The molecular weight excluding hydrogens is 173 g/mol. The van der Waals surface area contributed by atoms with Gasteiger partial charge in [-0.15, -0.1) is 0 Å². The number of halogens is 2. The van der Waals surface area contributed by atoms with E-state index in [1.165, 1.54) is 0 Å². The first-order valence-electron chi connectivity index (χ1n) is 4.12. The van der Waals surface area contributed by atoms with Gasteiger partial charge >= 0.3 is 0 Å². The average Bonchev–Trinajstić information content (AvgIpc) is 2.03. The molecule has 1 aromatic rings. The van der Waals surface area contributed by atoms with Gasteiger partial charge in [-0.3, -0.25) is 4.79 Å². The summed E-state index contributed by atoms with van der Waals surface area (Å²) in [4.78, 5) is 11.2. The third kappa shape index (κ3) is 2.65. The molecule has 0 unspecified atom stereocenters. The van der Waals surface area contributed by atoms with Crippen LogP contribution >= 0.6 is 0 Å². The quantitative estimate of drug-likeness (QED) is 0.516. The van der Waals surface area contributed by atoms with Crippen LogP contribution in [0.5, 0.6) is 0 Å². The van der Waals surface area contributed by atoms with E-state index in [2.05, 4.69) is 0 Å². The van der Waals surface area contributed by atoms with E-state index in [9.17, 15) is 13.6 Å². The number of rotatable bonds is 3. The smallest absolute Gasteiger partial charge is 0.155 e. The average molecular weight is 182 g/mol. The molecule has 0 fully saturated rings. The van der Waals surface area contributed by atoms with Crippen molar-refractivity contribution in [1.82, 2.24) is 0 Å². The van der Waals surface area contributed by atoms with Crippen LogP contribution in [0, 0.1) is 11.6 Å². The minimum Gasteiger partial charge on any atom is -0.295 e. The van der Waals surface area contributed by atoms with Crippen LogP contribution < -0.4 is 0 Å². The molecule has 1 rings (SSSR count). The Morgan fingerprint density at radius 3 is 2.31 bits per heavy atom. The molecule has 0 aromatic heterocycles. The van der Waals surface area contributed by atoms with Gasteiger partial charge < -0.3 is 0 Å². The van der Waals surface area contributed by atoms with Crippen molar-refractivity contribution in [1.29, 1.82) is 0 Å². The second-order valence-electron chi connectivity index (χ2n) is 2.83. The van der Waals surface area contributed by atoms with Gasteiger partial charge in [0.15, 0.2) is 5.78 Å². The van der Waals surface area contributed by atoms with Crippen molar-refractivity contribution >= 4 is 13.1 Å². The molecule has 0 saturated carbocycles. The zero-order valence-electron chi connectivity index (χ0n) is 7.31. The number of benzene rings is 1.